The van der Waals surface area contributed by atoms with Crippen LogP contribution in [0.3, 0.4) is 0 Å². The highest BCUT2D eigenvalue weighted by Crippen LogP contribution is 2.13. The molecule has 1 aromatic rings. The fourth-order valence-electron chi connectivity index (χ4n) is 1.26. The number of nitrogens with two attached hydrogens (primary N) is 1. The quantitative estimate of drug-likeness (QED) is 0.796. The van der Waals surface area contributed by atoms with Crippen molar-refractivity contribution in [1.29, 1.82) is 0 Å². The SMILES string of the molecule is CCOCC(=O)Nc1ccc(C(C)N)cc1. The van der Waals surface area contributed by atoms with Crippen molar-refractivity contribution in [2.45, 2.75) is 19.9 Å². The van der Waals surface area contributed by atoms with Gasteiger partial charge in [-0.15, -0.1) is 0 Å². The minimum Gasteiger partial charge on any atom is -0.372 e. The highest BCUT2D eigenvalue weighted by atomic mass is 16.5. The molecule has 0 radical (unpaired) electrons. The first-order valence-electron chi connectivity index (χ1n) is 5.36. The van der Waals surface area contributed by atoms with Crippen LogP contribution in [0.25, 0.3) is 0 Å². The molecule has 88 valence electrons. The van der Waals surface area contributed by atoms with Crippen LogP contribution in [0, 0.1) is 0 Å². The summed E-state index contributed by atoms with van der Waals surface area (Å²) in [6, 6.07) is 7.49. The van der Waals surface area contributed by atoms with Crippen LogP contribution in [-0.4, -0.2) is 19.1 Å². The molecule has 4 nitrogen and oxygen atoms in total. The van der Waals surface area contributed by atoms with Gasteiger partial charge in [0.25, 0.3) is 0 Å². The van der Waals surface area contributed by atoms with Crippen molar-refractivity contribution in [3.8, 4) is 0 Å². The van der Waals surface area contributed by atoms with E-state index in [2.05, 4.69) is 5.32 Å². The average Bonchev–Trinajstić information content (AvgIpc) is 2.27. The molecule has 0 aliphatic carbocycles. The van der Waals surface area contributed by atoms with Gasteiger partial charge in [0, 0.05) is 18.3 Å². The first-order valence-corrected chi connectivity index (χ1v) is 5.36. The number of anilines is 1. The Morgan fingerprint density at radius 2 is 2.06 bits per heavy atom. The third-order valence-corrected chi connectivity index (χ3v) is 2.16. The van der Waals surface area contributed by atoms with Gasteiger partial charge in [-0.25, -0.2) is 0 Å². The van der Waals surface area contributed by atoms with Gasteiger partial charge in [0.1, 0.15) is 6.61 Å². The van der Waals surface area contributed by atoms with E-state index >= 15 is 0 Å². The van der Waals surface area contributed by atoms with E-state index < -0.39 is 0 Å². The standard InChI is InChI=1S/C12H18N2O2/c1-3-16-8-12(15)14-11-6-4-10(5-7-11)9(2)13/h4-7,9H,3,8,13H2,1-2H3,(H,14,15). The molecule has 16 heavy (non-hydrogen) atoms. The summed E-state index contributed by atoms with van der Waals surface area (Å²) in [6.45, 7) is 4.40. The fraction of sp³-hybridized carbons (Fsp3) is 0.417. The monoisotopic (exact) mass is 222 g/mol. The summed E-state index contributed by atoms with van der Waals surface area (Å²) < 4.78 is 5.00. The molecule has 0 heterocycles. The summed E-state index contributed by atoms with van der Waals surface area (Å²) in [5.41, 5.74) is 7.53. The molecule has 1 atom stereocenters. The third kappa shape index (κ3) is 4.00. The van der Waals surface area contributed by atoms with E-state index in [0.717, 1.165) is 11.3 Å². The number of hydrogen-bond donors (Lipinski definition) is 2. The maximum absolute atomic E-state index is 11.3. The van der Waals surface area contributed by atoms with E-state index in [9.17, 15) is 4.79 Å². The lowest BCUT2D eigenvalue weighted by molar-refractivity contribution is -0.120. The Kier molecular flexibility index (Phi) is 4.95. The summed E-state index contributed by atoms with van der Waals surface area (Å²) >= 11 is 0. The minimum absolute atomic E-state index is 0.00757. The summed E-state index contributed by atoms with van der Waals surface area (Å²) in [4.78, 5) is 11.3. The first kappa shape index (κ1) is 12.7. The Balaban J connectivity index is 2.51. The second kappa shape index (κ2) is 6.25. The summed E-state index contributed by atoms with van der Waals surface area (Å²) in [5.74, 6) is -0.143. The molecule has 0 aliphatic rings. The minimum atomic E-state index is -0.143. The summed E-state index contributed by atoms with van der Waals surface area (Å²) in [6.07, 6.45) is 0. The van der Waals surface area contributed by atoms with Gasteiger partial charge in [-0.1, -0.05) is 12.1 Å². The Hall–Kier alpha value is -1.39. The molecule has 0 aromatic heterocycles. The summed E-state index contributed by atoms with van der Waals surface area (Å²) in [5, 5.41) is 2.74. The second-order valence-electron chi connectivity index (χ2n) is 3.60. The lowest BCUT2D eigenvalue weighted by Gasteiger charge is -2.08. The molecule has 1 unspecified atom stereocenters. The Morgan fingerprint density at radius 3 is 2.56 bits per heavy atom. The number of ether oxygens (including phenoxy) is 1. The largest absolute Gasteiger partial charge is 0.372 e. The van der Waals surface area contributed by atoms with E-state index in [-0.39, 0.29) is 18.6 Å². The Bertz CT molecular complexity index is 333. The fourth-order valence-corrected chi connectivity index (χ4v) is 1.26. The zero-order valence-corrected chi connectivity index (χ0v) is 9.69. The van der Waals surface area contributed by atoms with Crippen molar-refractivity contribution in [1.82, 2.24) is 0 Å². The van der Waals surface area contributed by atoms with Crippen LogP contribution in [0.2, 0.25) is 0 Å². The molecule has 1 amide bonds. The molecule has 0 aliphatic heterocycles. The lowest BCUT2D eigenvalue weighted by atomic mass is 10.1. The van der Waals surface area contributed by atoms with Crippen LogP contribution < -0.4 is 11.1 Å². The highest BCUT2D eigenvalue weighted by molar-refractivity contribution is 5.91. The van der Waals surface area contributed by atoms with E-state index in [1.807, 2.05) is 38.1 Å². The van der Waals surface area contributed by atoms with Crippen LogP contribution in [0.1, 0.15) is 25.5 Å². The molecule has 1 aromatic carbocycles. The van der Waals surface area contributed by atoms with E-state index in [1.165, 1.54) is 0 Å². The van der Waals surface area contributed by atoms with Gasteiger partial charge in [-0.3, -0.25) is 4.79 Å². The summed E-state index contributed by atoms with van der Waals surface area (Å²) in [7, 11) is 0. The first-order chi connectivity index (χ1) is 7.63. The maximum atomic E-state index is 11.3. The van der Waals surface area contributed by atoms with Crippen molar-refractivity contribution >= 4 is 11.6 Å². The van der Waals surface area contributed by atoms with Gasteiger partial charge < -0.3 is 15.8 Å². The zero-order valence-electron chi connectivity index (χ0n) is 9.69. The number of carbonyl (C=O) groups is 1. The molecule has 1 rings (SSSR count). The maximum Gasteiger partial charge on any atom is 0.250 e. The van der Waals surface area contributed by atoms with Crippen LogP contribution in [0.15, 0.2) is 24.3 Å². The topological polar surface area (TPSA) is 64.3 Å². The Labute approximate surface area is 95.8 Å². The lowest BCUT2D eigenvalue weighted by Crippen LogP contribution is -2.18. The van der Waals surface area contributed by atoms with E-state index in [0.29, 0.717) is 6.61 Å². The number of benzene rings is 1. The van der Waals surface area contributed by atoms with Crippen molar-refractivity contribution in [3.63, 3.8) is 0 Å². The van der Waals surface area contributed by atoms with Gasteiger partial charge >= 0.3 is 0 Å². The second-order valence-corrected chi connectivity index (χ2v) is 3.60. The van der Waals surface area contributed by atoms with E-state index in [4.69, 9.17) is 10.5 Å². The molecule has 0 bridgehead atoms. The highest BCUT2D eigenvalue weighted by Gasteiger charge is 2.03. The molecule has 0 saturated heterocycles. The predicted molar refractivity (Wildman–Crippen MR) is 64.2 cm³/mol. The average molecular weight is 222 g/mol. The van der Waals surface area contributed by atoms with Crippen molar-refractivity contribution < 1.29 is 9.53 Å². The van der Waals surface area contributed by atoms with Crippen LogP contribution in [0.4, 0.5) is 5.69 Å². The molecule has 0 saturated carbocycles. The smallest absolute Gasteiger partial charge is 0.250 e. The number of carbonyl (C=O) groups excluding carboxylic acids is 1. The number of amides is 1. The van der Waals surface area contributed by atoms with Gasteiger partial charge in [-0.05, 0) is 31.5 Å². The van der Waals surface area contributed by atoms with Crippen LogP contribution in [-0.2, 0) is 9.53 Å². The molecule has 3 N–H and O–H groups in total. The number of rotatable bonds is 5. The molecule has 4 heteroatoms. The zero-order chi connectivity index (χ0) is 12.0. The third-order valence-electron chi connectivity index (χ3n) is 2.16. The van der Waals surface area contributed by atoms with Crippen LogP contribution >= 0.6 is 0 Å². The predicted octanol–water partition coefficient (Wildman–Crippen LogP) is 1.68. The van der Waals surface area contributed by atoms with Gasteiger partial charge in [0.05, 0.1) is 0 Å². The molecule has 0 fully saturated rings. The van der Waals surface area contributed by atoms with Gasteiger partial charge in [0.2, 0.25) is 5.91 Å². The van der Waals surface area contributed by atoms with Crippen molar-refractivity contribution in [2.75, 3.05) is 18.5 Å². The number of hydrogen-bond acceptors (Lipinski definition) is 3. The number of nitrogens with one attached hydrogen (secondary N) is 1. The normalized spacial score (nSPS) is 12.2. The van der Waals surface area contributed by atoms with Crippen molar-refractivity contribution in [2.24, 2.45) is 5.73 Å². The molecular formula is C12H18N2O2. The van der Waals surface area contributed by atoms with Crippen molar-refractivity contribution in [3.05, 3.63) is 29.8 Å². The Morgan fingerprint density at radius 1 is 1.44 bits per heavy atom. The van der Waals surface area contributed by atoms with Crippen LogP contribution in [0.5, 0.6) is 0 Å². The van der Waals surface area contributed by atoms with Gasteiger partial charge in [0.15, 0.2) is 0 Å². The molecular weight excluding hydrogens is 204 g/mol. The molecule has 0 spiro atoms. The van der Waals surface area contributed by atoms with Gasteiger partial charge in [-0.2, -0.15) is 0 Å². The van der Waals surface area contributed by atoms with E-state index in [1.54, 1.807) is 0 Å².